The molecule has 0 amide bonds. The minimum atomic E-state index is -4.75. The summed E-state index contributed by atoms with van der Waals surface area (Å²) in [6.45, 7) is 0. The zero-order chi connectivity index (χ0) is 27.9. The van der Waals surface area contributed by atoms with Crippen LogP contribution in [-0.4, -0.2) is 42.5 Å². The number of esters is 1. The third-order valence-electron chi connectivity index (χ3n) is 6.17. The van der Waals surface area contributed by atoms with Crippen molar-refractivity contribution in [3.63, 3.8) is 0 Å². The Kier molecular flexibility index (Phi) is 6.43. The molecule has 0 radical (unpaired) electrons. The van der Waals surface area contributed by atoms with Crippen LogP contribution in [0.3, 0.4) is 0 Å². The van der Waals surface area contributed by atoms with E-state index >= 15 is 0 Å². The number of carbonyl (C=O) groups excluding carboxylic acids is 1. The molecule has 8 nitrogen and oxygen atoms in total. The summed E-state index contributed by atoms with van der Waals surface area (Å²) in [5.74, 6) is -0.861. The Labute approximate surface area is 220 Å². The first-order valence-electron chi connectivity index (χ1n) is 11.4. The van der Waals surface area contributed by atoms with Gasteiger partial charge in [-0.2, -0.15) is 13.2 Å². The highest BCUT2D eigenvalue weighted by atomic mass is 32.2. The Bertz CT molecular complexity index is 1810. The molecule has 200 valence electrons. The minimum Gasteiger partial charge on any atom is -0.497 e. The van der Waals surface area contributed by atoms with Crippen LogP contribution >= 0.6 is 0 Å². The largest absolute Gasteiger partial charge is 0.497 e. The number of halogens is 3. The van der Waals surface area contributed by atoms with E-state index in [0.717, 1.165) is 17.1 Å². The fourth-order valence-corrected chi connectivity index (χ4v) is 5.66. The lowest BCUT2D eigenvalue weighted by Gasteiger charge is -2.14. The molecule has 0 aliphatic carbocycles. The van der Waals surface area contributed by atoms with Crippen molar-refractivity contribution >= 4 is 27.0 Å². The summed E-state index contributed by atoms with van der Waals surface area (Å²) in [6.07, 6.45) is -2.03. The first-order chi connectivity index (χ1) is 18.6. The number of ether oxygens (including phenoxy) is 2. The van der Waals surface area contributed by atoms with Gasteiger partial charge >= 0.3 is 12.1 Å². The van der Waals surface area contributed by atoms with E-state index in [4.69, 9.17) is 9.47 Å². The Morgan fingerprint density at radius 3 is 2.38 bits per heavy atom. The smallest absolute Gasteiger partial charge is 0.417 e. The van der Waals surface area contributed by atoms with Gasteiger partial charge in [-0.15, -0.1) is 0 Å². The predicted molar refractivity (Wildman–Crippen MR) is 137 cm³/mol. The van der Waals surface area contributed by atoms with Crippen molar-refractivity contribution in [2.45, 2.75) is 11.1 Å². The highest BCUT2D eigenvalue weighted by Gasteiger charge is 2.36. The van der Waals surface area contributed by atoms with E-state index in [1.54, 1.807) is 24.3 Å². The van der Waals surface area contributed by atoms with Crippen molar-refractivity contribution in [3.05, 3.63) is 90.3 Å². The highest BCUT2D eigenvalue weighted by molar-refractivity contribution is 7.90. The van der Waals surface area contributed by atoms with Gasteiger partial charge in [-0.3, -0.25) is 0 Å². The number of methoxy groups -OCH3 is 2. The SMILES string of the molecule is COC(=O)c1cc(-c2ccnc3c2ccn3S(=O)(=O)c2ccccc2)[nH]c1-c1ccc(OC)cc1C(F)(F)F. The van der Waals surface area contributed by atoms with Gasteiger partial charge in [0, 0.05) is 34.6 Å². The molecule has 39 heavy (non-hydrogen) atoms. The number of carbonyl (C=O) groups is 1. The zero-order valence-electron chi connectivity index (χ0n) is 20.5. The third kappa shape index (κ3) is 4.52. The van der Waals surface area contributed by atoms with Crippen LogP contribution in [-0.2, 0) is 20.9 Å². The van der Waals surface area contributed by atoms with Gasteiger partial charge in [0.1, 0.15) is 5.75 Å². The average molecular weight is 556 g/mol. The molecule has 3 aromatic heterocycles. The number of rotatable bonds is 6. The molecule has 0 aliphatic heterocycles. The van der Waals surface area contributed by atoms with Crippen molar-refractivity contribution in [2.24, 2.45) is 0 Å². The fourth-order valence-electron chi connectivity index (χ4n) is 4.34. The Balaban J connectivity index is 1.71. The summed E-state index contributed by atoms with van der Waals surface area (Å²) >= 11 is 0. The maximum atomic E-state index is 14.0. The van der Waals surface area contributed by atoms with E-state index in [0.29, 0.717) is 10.9 Å². The van der Waals surface area contributed by atoms with Crippen LogP contribution in [0.25, 0.3) is 33.5 Å². The average Bonchev–Trinajstić information content (AvgIpc) is 3.58. The van der Waals surface area contributed by atoms with Gasteiger partial charge in [-0.1, -0.05) is 18.2 Å². The molecule has 0 bridgehead atoms. The van der Waals surface area contributed by atoms with Gasteiger partial charge in [-0.25, -0.2) is 22.2 Å². The quantitative estimate of drug-likeness (QED) is 0.268. The van der Waals surface area contributed by atoms with E-state index in [-0.39, 0.29) is 38.8 Å². The number of aromatic nitrogens is 3. The topological polar surface area (TPSA) is 103 Å². The number of hydrogen-bond donors (Lipinski definition) is 1. The second-order valence-electron chi connectivity index (χ2n) is 8.40. The highest BCUT2D eigenvalue weighted by Crippen LogP contribution is 2.41. The standard InChI is InChI=1S/C27H20F3N3O5S/c1-37-16-8-9-20(22(14-16)27(28,29)30)24-21(26(34)38-2)15-23(32-24)18-10-12-31-25-19(18)11-13-33(25)39(35,36)17-6-4-3-5-7-17/h3-15,32H,1-2H3. The van der Waals surface area contributed by atoms with E-state index in [9.17, 15) is 26.4 Å². The van der Waals surface area contributed by atoms with Crippen LogP contribution in [0, 0.1) is 0 Å². The van der Waals surface area contributed by atoms with Gasteiger partial charge in [0.25, 0.3) is 10.0 Å². The number of pyridine rings is 1. The second-order valence-corrected chi connectivity index (χ2v) is 10.2. The predicted octanol–water partition coefficient (Wildman–Crippen LogP) is 5.75. The van der Waals surface area contributed by atoms with E-state index < -0.39 is 27.7 Å². The molecule has 0 saturated carbocycles. The normalized spacial score (nSPS) is 12.0. The molecule has 3 heterocycles. The molecular weight excluding hydrogens is 535 g/mol. The molecule has 0 fully saturated rings. The number of nitrogens with zero attached hydrogens (tertiary/aromatic N) is 2. The Morgan fingerprint density at radius 2 is 1.72 bits per heavy atom. The van der Waals surface area contributed by atoms with Crippen molar-refractivity contribution in [1.82, 2.24) is 13.9 Å². The number of aromatic amines is 1. The molecule has 0 spiro atoms. The molecular formula is C27H20F3N3O5S. The number of benzene rings is 2. The van der Waals surface area contributed by atoms with Crippen molar-refractivity contribution in [1.29, 1.82) is 0 Å². The zero-order valence-corrected chi connectivity index (χ0v) is 21.3. The fraction of sp³-hybridized carbons (Fsp3) is 0.111. The number of hydrogen-bond acceptors (Lipinski definition) is 6. The van der Waals surface area contributed by atoms with Crippen molar-refractivity contribution in [2.75, 3.05) is 14.2 Å². The van der Waals surface area contributed by atoms with Crippen LogP contribution in [0.4, 0.5) is 13.2 Å². The lowest BCUT2D eigenvalue weighted by molar-refractivity contribution is -0.137. The van der Waals surface area contributed by atoms with Gasteiger partial charge in [0.05, 0.1) is 35.9 Å². The van der Waals surface area contributed by atoms with Gasteiger partial charge < -0.3 is 14.5 Å². The van der Waals surface area contributed by atoms with E-state index in [1.165, 1.54) is 55.9 Å². The second kappa shape index (κ2) is 9.62. The lowest BCUT2D eigenvalue weighted by atomic mass is 10.0. The molecule has 0 atom stereocenters. The Morgan fingerprint density at radius 1 is 0.974 bits per heavy atom. The molecule has 2 aromatic carbocycles. The molecule has 1 N–H and O–H groups in total. The minimum absolute atomic E-state index is 0.00530. The van der Waals surface area contributed by atoms with Crippen LogP contribution in [0.1, 0.15) is 15.9 Å². The summed E-state index contributed by atoms with van der Waals surface area (Å²) in [6, 6.07) is 15.7. The molecule has 12 heteroatoms. The van der Waals surface area contributed by atoms with Gasteiger partial charge in [0.15, 0.2) is 5.65 Å². The van der Waals surface area contributed by atoms with Crippen LogP contribution in [0.5, 0.6) is 5.75 Å². The molecule has 5 rings (SSSR count). The van der Waals surface area contributed by atoms with Crippen LogP contribution in [0.2, 0.25) is 0 Å². The first kappa shape index (κ1) is 26.0. The number of nitrogens with one attached hydrogen (secondary N) is 1. The van der Waals surface area contributed by atoms with Crippen molar-refractivity contribution in [3.8, 4) is 28.3 Å². The summed E-state index contributed by atoms with van der Waals surface area (Å²) in [5, 5.41) is 0.395. The van der Waals surface area contributed by atoms with E-state index in [1.807, 2.05) is 0 Å². The van der Waals surface area contributed by atoms with Gasteiger partial charge in [-0.05, 0) is 48.5 Å². The van der Waals surface area contributed by atoms with Gasteiger partial charge in [0.2, 0.25) is 0 Å². The van der Waals surface area contributed by atoms with Crippen molar-refractivity contribution < 1.29 is 35.9 Å². The summed E-state index contributed by atoms with van der Waals surface area (Å²) < 4.78 is 79.3. The first-order valence-corrected chi connectivity index (χ1v) is 12.8. The van der Waals surface area contributed by atoms with Crippen LogP contribution < -0.4 is 4.74 Å². The molecule has 0 aliphatic rings. The summed E-state index contributed by atoms with van der Waals surface area (Å²) in [4.78, 5) is 19.9. The monoisotopic (exact) mass is 555 g/mol. The number of fused-ring (bicyclic) bond motifs is 1. The molecule has 0 saturated heterocycles. The molecule has 5 aromatic rings. The number of H-pyrrole nitrogens is 1. The Hall–Kier alpha value is -4.58. The van der Waals surface area contributed by atoms with E-state index in [2.05, 4.69) is 9.97 Å². The maximum Gasteiger partial charge on any atom is 0.417 e. The number of alkyl halides is 3. The molecule has 0 unspecified atom stereocenters. The third-order valence-corrected chi connectivity index (χ3v) is 7.85. The summed E-state index contributed by atoms with van der Waals surface area (Å²) in [7, 11) is -1.61. The van der Waals surface area contributed by atoms with Crippen LogP contribution in [0.15, 0.2) is 84.0 Å². The lowest BCUT2D eigenvalue weighted by Crippen LogP contribution is -2.12. The maximum absolute atomic E-state index is 14.0. The summed E-state index contributed by atoms with van der Waals surface area (Å²) in [5.41, 5.74) is -0.771.